The van der Waals surface area contributed by atoms with Gasteiger partial charge < -0.3 is 10.6 Å². The van der Waals surface area contributed by atoms with E-state index in [1.807, 2.05) is 18.2 Å². The fraction of sp³-hybridized carbons (Fsp3) is 0.200. The predicted octanol–water partition coefficient (Wildman–Crippen LogP) is 2.00. The van der Waals surface area contributed by atoms with Crippen LogP contribution in [0.3, 0.4) is 0 Å². The lowest BCUT2D eigenvalue weighted by atomic mass is 10.0. The van der Waals surface area contributed by atoms with E-state index in [0.717, 1.165) is 25.1 Å². The molecule has 0 atom stereocenters. The van der Waals surface area contributed by atoms with Gasteiger partial charge in [0.2, 0.25) is 10.0 Å². The summed E-state index contributed by atoms with van der Waals surface area (Å²) in [6.07, 6.45) is 2.01. The molecule has 0 saturated heterocycles. The van der Waals surface area contributed by atoms with Crippen molar-refractivity contribution in [2.24, 2.45) is 5.14 Å². The molecule has 4 N–H and O–H groups in total. The number of primary sulfonamides is 1. The van der Waals surface area contributed by atoms with Gasteiger partial charge in [-0.3, -0.25) is 0 Å². The molecule has 1 aliphatic rings. The molecular weight excluding hydrogens is 286 g/mol. The molecule has 21 heavy (non-hydrogen) atoms. The van der Waals surface area contributed by atoms with Gasteiger partial charge in [-0.05, 0) is 42.7 Å². The summed E-state index contributed by atoms with van der Waals surface area (Å²) in [5.41, 5.74) is 9.58. The number of fused-ring (bicyclic) bond motifs is 1. The first kappa shape index (κ1) is 13.9. The number of hydrogen-bond donors (Lipinski definition) is 2. The average Bonchev–Trinajstić information content (AvgIpc) is 2.46. The van der Waals surface area contributed by atoms with E-state index in [4.69, 9.17) is 10.9 Å². The van der Waals surface area contributed by atoms with E-state index in [0.29, 0.717) is 11.4 Å². The van der Waals surface area contributed by atoms with Gasteiger partial charge in [-0.2, -0.15) is 0 Å². The minimum atomic E-state index is -3.74. The Bertz CT molecular complexity index is 787. The Kier molecular flexibility index (Phi) is 3.35. The Morgan fingerprint density at radius 3 is 2.57 bits per heavy atom. The molecule has 0 aliphatic carbocycles. The SMILES string of the molecule is Nc1ccc(S(N)(=O)=O)cc1N1CCCc2ccccc21. The van der Waals surface area contributed by atoms with Gasteiger partial charge in [0.05, 0.1) is 16.3 Å². The van der Waals surface area contributed by atoms with Gasteiger partial charge in [0, 0.05) is 12.2 Å². The zero-order valence-electron chi connectivity index (χ0n) is 11.5. The van der Waals surface area contributed by atoms with Gasteiger partial charge in [0.15, 0.2) is 0 Å². The number of para-hydroxylation sites is 1. The van der Waals surface area contributed by atoms with Gasteiger partial charge in [-0.15, -0.1) is 0 Å². The van der Waals surface area contributed by atoms with Gasteiger partial charge in [0.25, 0.3) is 0 Å². The summed E-state index contributed by atoms with van der Waals surface area (Å²) in [7, 11) is -3.74. The van der Waals surface area contributed by atoms with Gasteiger partial charge >= 0.3 is 0 Å². The number of nitrogen functional groups attached to an aromatic ring is 1. The highest BCUT2D eigenvalue weighted by Gasteiger charge is 2.21. The molecule has 0 bridgehead atoms. The van der Waals surface area contributed by atoms with Crippen molar-refractivity contribution in [1.29, 1.82) is 0 Å². The number of hydrogen-bond acceptors (Lipinski definition) is 4. The molecule has 5 nitrogen and oxygen atoms in total. The molecule has 2 aromatic rings. The Morgan fingerprint density at radius 1 is 1.05 bits per heavy atom. The van der Waals surface area contributed by atoms with Crippen LogP contribution in [-0.2, 0) is 16.4 Å². The maximum absolute atomic E-state index is 11.5. The van der Waals surface area contributed by atoms with Crippen LogP contribution in [0.4, 0.5) is 17.1 Å². The first-order chi connectivity index (χ1) is 9.97. The van der Waals surface area contributed by atoms with Crippen molar-refractivity contribution in [2.75, 3.05) is 17.2 Å². The molecule has 0 radical (unpaired) electrons. The van der Waals surface area contributed by atoms with Crippen LogP contribution in [0.25, 0.3) is 0 Å². The minimum absolute atomic E-state index is 0.0785. The molecule has 110 valence electrons. The molecule has 0 amide bonds. The van der Waals surface area contributed by atoms with Crippen LogP contribution < -0.4 is 15.8 Å². The molecule has 0 fully saturated rings. The number of nitrogens with two attached hydrogens (primary N) is 2. The van der Waals surface area contributed by atoms with Crippen LogP contribution in [0.1, 0.15) is 12.0 Å². The Hall–Kier alpha value is -2.05. The van der Waals surface area contributed by atoms with E-state index >= 15 is 0 Å². The highest BCUT2D eigenvalue weighted by atomic mass is 32.2. The smallest absolute Gasteiger partial charge is 0.238 e. The lowest BCUT2D eigenvalue weighted by Crippen LogP contribution is -2.25. The third kappa shape index (κ3) is 2.59. The fourth-order valence-electron chi connectivity index (χ4n) is 2.72. The van der Waals surface area contributed by atoms with Crippen LogP contribution in [0.5, 0.6) is 0 Å². The third-order valence-corrected chi connectivity index (χ3v) is 4.64. The Morgan fingerprint density at radius 2 is 1.81 bits per heavy atom. The van der Waals surface area contributed by atoms with Gasteiger partial charge in [-0.1, -0.05) is 18.2 Å². The van der Waals surface area contributed by atoms with Gasteiger partial charge in [0.1, 0.15) is 0 Å². The molecule has 1 aliphatic heterocycles. The third-order valence-electron chi connectivity index (χ3n) is 3.73. The molecule has 1 heterocycles. The van der Waals surface area contributed by atoms with Crippen molar-refractivity contribution in [1.82, 2.24) is 0 Å². The van der Waals surface area contributed by atoms with Crippen molar-refractivity contribution in [3.63, 3.8) is 0 Å². The second kappa shape index (κ2) is 5.05. The number of sulfonamides is 1. The molecule has 0 unspecified atom stereocenters. The van der Waals surface area contributed by atoms with Crippen LogP contribution in [0, 0.1) is 0 Å². The zero-order chi connectivity index (χ0) is 15.0. The van der Waals surface area contributed by atoms with Crippen molar-refractivity contribution >= 4 is 27.1 Å². The fourth-order valence-corrected chi connectivity index (χ4v) is 3.25. The first-order valence-electron chi connectivity index (χ1n) is 6.74. The van der Waals surface area contributed by atoms with E-state index in [2.05, 4.69) is 11.0 Å². The van der Waals surface area contributed by atoms with E-state index in [1.54, 1.807) is 12.1 Å². The Labute approximate surface area is 124 Å². The second-order valence-corrected chi connectivity index (χ2v) is 6.71. The lowest BCUT2D eigenvalue weighted by Gasteiger charge is -2.32. The predicted molar refractivity (Wildman–Crippen MR) is 84.0 cm³/mol. The topological polar surface area (TPSA) is 89.4 Å². The average molecular weight is 303 g/mol. The molecule has 0 spiro atoms. The van der Waals surface area contributed by atoms with E-state index < -0.39 is 10.0 Å². The largest absolute Gasteiger partial charge is 0.397 e. The summed E-state index contributed by atoms with van der Waals surface area (Å²) >= 11 is 0. The second-order valence-electron chi connectivity index (χ2n) is 5.15. The summed E-state index contributed by atoms with van der Waals surface area (Å²) in [4.78, 5) is 2.14. The van der Waals surface area contributed by atoms with Crippen molar-refractivity contribution in [2.45, 2.75) is 17.7 Å². The quantitative estimate of drug-likeness (QED) is 0.830. The number of anilines is 3. The summed E-state index contributed by atoms with van der Waals surface area (Å²) in [5.74, 6) is 0. The summed E-state index contributed by atoms with van der Waals surface area (Å²) in [5, 5.41) is 5.21. The molecule has 0 saturated carbocycles. The van der Waals surface area contributed by atoms with Crippen LogP contribution in [-0.4, -0.2) is 15.0 Å². The maximum Gasteiger partial charge on any atom is 0.238 e. The maximum atomic E-state index is 11.5. The van der Waals surface area contributed by atoms with Gasteiger partial charge in [-0.25, -0.2) is 13.6 Å². The normalized spacial score (nSPS) is 14.8. The number of nitrogens with zero attached hydrogens (tertiary/aromatic N) is 1. The minimum Gasteiger partial charge on any atom is -0.397 e. The highest BCUT2D eigenvalue weighted by Crippen LogP contribution is 2.37. The standard InChI is InChI=1S/C15H17N3O2S/c16-13-8-7-12(21(17,19)20)10-15(13)18-9-3-5-11-4-1-2-6-14(11)18/h1-2,4,6-8,10H,3,5,9,16H2,(H2,17,19,20). The van der Waals surface area contributed by atoms with Crippen molar-refractivity contribution in [3.8, 4) is 0 Å². The summed E-state index contributed by atoms with van der Waals surface area (Å²) < 4.78 is 23.1. The zero-order valence-corrected chi connectivity index (χ0v) is 12.3. The van der Waals surface area contributed by atoms with E-state index in [1.165, 1.54) is 11.6 Å². The lowest BCUT2D eigenvalue weighted by molar-refractivity contribution is 0.598. The van der Waals surface area contributed by atoms with Crippen molar-refractivity contribution < 1.29 is 8.42 Å². The summed E-state index contributed by atoms with van der Waals surface area (Å²) in [6, 6.07) is 12.7. The number of aryl methyl sites for hydroxylation is 1. The molecule has 3 rings (SSSR count). The molecule has 6 heteroatoms. The molecule has 0 aromatic heterocycles. The van der Waals surface area contributed by atoms with Crippen LogP contribution in [0.15, 0.2) is 47.4 Å². The van der Waals surface area contributed by atoms with E-state index in [9.17, 15) is 8.42 Å². The van der Waals surface area contributed by atoms with Crippen molar-refractivity contribution in [3.05, 3.63) is 48.0 Å². The molecular formula is C15H17N3O2S. The highest BCUT2D eigenvalue weighted by molar-refractivity contribution is 7.89. The number of benzene rings is 2. The monoisotopic (exact) mass is 303 g/mol. The number of rotatable bonds is 2. The Balaban J connectivity index is 2.14. The van der Waals surface area contributed by atoms with E-state index in [-0.39, 0.29) is 4.90 Å². The molecule has 2 aromatic carbocycles. The first-order valence-corrected chi connectivity index (χ1v) is 8.29. The van der Waals surface area contributed by atoms with Crippen LogP contribution >= 0.6 is 0 Å². The van der Waals surface area contributed by atoms with Crippen LogP contribution in [0.2, 0.25) is 0 Å². The summed E-state index contributed by atoms with van der Waals surface area (Å²) in [6.45, 7) is 0.801.